The van der Waals surface area contributed by atoms with E-state index in [0.717, 1.165) is 44.7 Å². The van der Waals surface area contributed by atoms with Crippen LogP contribution >= 0.6 is 22.6 Å². The summed E-state index contributed by atoms with van der Waals surface area (Å²) >= 11 is 2.33. The van der Waals surface area contributed by atoms with Gasteiger partial charge in [0.2, 0.25) is 0 Å². The molecule has 1 heterocycles. The van der Waals surface area contributed by atoms with Crippen molar-refractivity contribution < 1.29 is 0 Å². The molecule has 4 nitrogen and oxygen atoms in total. The molecule has 0 aliphatic rings. The van der Waals surface area contributed by atoms with E-state index in [1.54, 1.807) is 0 Å². The van der Waals surface area contributed by atoms with Crippen LogP contribution in [-0.2, 0) is 0 Å². The van der Waals surface area contributed by atoms with E-state index in [0.29, 0.717) is 0 Å². The predicted octanol–water partition coefficient (Wildman–Crippen LogP) is 3.96. The first-order chi connectivity index (χ1) is 11.7. The minimum atomic E-state index is 0.980. The number of aromatic nitrogens is 1. The van der Waals surface area contributed by atoms with E-state index in [-0.39, 0.29) is 0 Å². The van der Waals surface area contributed by atoms with Crippen molar-refractivity contribution in [3.8, 4) is 0 Å². The fourth-order valence-electron chi connectivity index (χ4n) is 2.80. The number of pyridine rings is 1. The molecule has 0 amide bonds. The molecule has 0 spiro atoms. The Labute approximate surface area is 159 Å². The number of nitrogens with one attached hydrogen (secondary N) is 2. The molecular formula is C19H29IN4. The van der Waals surface area contributed by atoms with Crippen molar-refractivity contribution in [2.24, 2.45) is 0 Å². The van der Waals surface area contributed by atoms with Gasteiger partial charge in [0.1, 0.15) is 0 Å². The van der Waals surface area contributed by atoms with Gasteiger partial charge in [0.05, 0.1) is 5.52 Å². The summed E-state index contributed by atoms with van der Waals surface area (Å²) < 4.78 is 1.22. The van der Waals surface area contributed by atoms with E-state index in [9.17, 15) is 0 Å². The first-order valence-electron chi connectivity index (χ1n) is 8.95. The second kappa shape index (κ2) is 10.8. The van der Waals surface area contributed by atoms with Crippen molar-refractivity contribution in [1.29, 1.82) is 0 Å². The van der Waals surface area contributed by atoms with Gasteiger partial charge in [0, 0.05) is 27.4 Å². The largest absolute Gasteiger partial charge is 0.384 e. The molecule has 2 rings (SSSR count). The lowest BCUT2D eigenvalue weighted by Gasteiger charge is -2.17. The summed E-state index contributed by atoms with van der Waals surface area (Å²) in [5, 5.41) is 8.28. The number of hydrogen-bond donors (Lipinski definition) is 2. The Bertz CT molecular complexity index is 613. The van der Waals surface area contributed by atoms with Gasteiger partial charge in [-0.1, -0.05) is 13.8 Å². The first-order valence-corrected chi connectivity index (χ1v) is 10.0. The van der Waals surface area contributed by atoms with Crippen LogP contribution in [0.2, 0.25) is 0 Å². The second-order valence-electron chi connectivity index (χ2n) is 5.93. The molecule has 0 atom stereocenters. The minimum absolute atomic E-state index is 0.980. The minimum Gasteiger partial charge on any atom is -0.384 e. The second-order valence-corrected chi connectivity index (χ2v) is 7.18. The molecule has 0 radical (unpaired) electrons. The van der Waals surface area contributed by atoms with Crippen LogP contribution in [0, 0.1) is 3.57 Å². The number of anilines is 1. The third kappa shape index (κ3) is 6.18. The summed E-state index contributed by atoms with van der Waals surface area (Å²) in [7, 11) is 0. The van der Waals surface area contributed by atoms with E-state index >= 15 is 0 Å². The van der Waals surface area contributed by atoms with Gasteiger partial charge in [-0.3, -0.25) is 4.98 Å². The SMILES string of the molecule is CCN(CC)CCCNCCCNc1ccnc2cc(I)ccc12. The van der Waals surface area contributed by atoms with Crippen molar-refractivity contribution >= 4 is 39.2 Å². The fraction of sp³-hybridized carbons (Fsp3) is 0.526. The summed E-state index contributed by atoms with van der Waals surface area (Å²) in [6.45, 7) is 11.1. The van der Waals surface area contributed by atoms with Gasteiger partial charge in [-0.25, -0.2) is 0 Å². The number of nitrogens with zero attached hydrogens (tertiary/aromatic N) is 2. The highest BCUT2D eigenvalue weighted by Crippen LogP contribution is 2.22. The zero-order valence-corrected chi connectivity index (χ0v) is 17.0. The average Bonchev–Trinajstić information content (AvgIpc) is 2.60. The smallest absolute Gasteiger partial charge is 0.0733 e. The van der Waals surface area contributed by atoms with Gasteiger partial charge in [-0.05, 0) is 92.4 Å². The Balaban J connectivity index is 1.65. The van der Waals surface area contributed by atoms with Gasteiger partial charge in [0.25, 0.3) is 0 Å². The van der Waals surface area contributed by atoms with Crippen LogP contribution in [-0.4, -0.2) is 49.2 Å². The molecule has 1 aromatic heterocycles. The number of benzene rings is 1. The molecule has 2 N–H and O–H groups in total. The highest BCUT2D eigenvalue weighted by molar-refractivity contribution is 14.1. The Kier molecular flexibility index (Phi) is 8.77. The molecule has 0 saturated heterocycles. The first kappa shape index (κ1) is 19.4. The predicted molar refractivity (Wildman–Crippen MR) is 113 cm³/mol. The van der Waals surface area contributed by atoms with Crippen LogP contribution in [0.3, 0.4) is 0 Å². The topological polar surface area (TPSA) is 40.2 Å². The average molecular weight is 440 g/mol. The quantitative estimate of drug-likeness (QED) is 0.410. The van der Waals surface area contributed by atoms with Crippen molar-refractivity contribution in [2.45, 2.75) is 26.7 Å². The molecule has 132 valence electrons. The molecule has 0 fully saturated rings. The van der Waals surface area contributed by atoms with Crippen LogP contribution in [0.4, 0.5) is 5.69 Å². The Morgan fingerprint density at radius 3 is 2.62 bits per heavy atom. The molecule has 0 saturated carbocycles. The molecule has 0 aliphatic carbocycles. The lowest BCUT2D eigenvalue weighted by molar-refractivity contribution is 0.298. The van der Waals surface area contributed by atoms with Crippen LogP contribution in [0.5, 0.6) is 0 Å². The van der Waals surface area contributed by atoms with E-state index in [1.807, 2.05) is 6.20 Å². The number of halogens is 1. The van der Waals surface area contributed by atoms with E-state index < -0.39 is 0 Å². The van der Waals surface area contributed by atoms with Crippen molar-refractivity contribution in [3.63, 3.8) is 0 Å². The maximum atomic E-state index is 4.45. The van der Waals surface area contributed by atoms with E-state index in [4.69, 9.17) is 0 Å². The summed E-state index contributed by atoms with van der Waals surface area (Å²) in [5.41, 5.74) is 2.24. The number of hydrogen-bond acceptors (Lipinski definition) is 4. The zero-order chi connectivity index (χ0) is 17.2. The van der Waals surface area contributed by atoms with Gasteiger partial charge in [0.15, 0.2) is 0 Å². The van der Waals surface area contributed by atoms with Crippen molar-refractivity contribution in [2.75, 3.05) is 44.6 Å². The highest BCUT2D eigenvalue weighted by atomic mass is 127. The Morgan fingerprint density at radius 2 is 1.83 bits per heavy atom. The molecule has 0 unspecified atom stereocenters. The number of rotatable bonds is 11. The molecule has 0 bridgehead atoms. The molecule has 5 heteroatoms. The third-order valence-electron chi connectivity index (χ3n) is 4.27. The molecule has 24 heavy (non-hydrogen) atoms. The van der Waals surface area contributed by atoms with Crippen LogP contribution in [0.15, 0.2) is 30.5 Å². The lowest BCUT2D eigenvalue weighted by Crippen LogP contribution is -2.27. The van der Waals surface area contributed by atoms with Crippen molar-refractivity contribution in [3.05, 3.63) is 34.0 Å². The fourth-order valence-corrected chi connectivity index (χ4v) is 3.28. The Morgan fingerprint density at radius 1 is 1.04 bits per heavy atom. The van der Waals surface area contributed by atoms with E-state index in [1.165, 1.54) is 27.6 Å². The summed E-state index contributed by atoms with van der Waals surface area (Å²) in [6, 6.07) is 8.47. The van der Waals surface area contributed by atoms with Gasteiger partial charge in [-0.15, -0.1) is 0 Å². The maximum absolute atomic E-state index is 4.45. The van der Waals surface area contributed by atoms with E-state index in [2.05, 4.69) is 81.2 Å². The summed E-state index contributed by atoms with van der Waals surface area (Å²) in [5.74, 6) is 0. The standard InChI is InChI=1S/C19H29IN4/c1-3-24(4-2)14-6-11-21-10-5-12-22-18-9-13-23-19-15-16(20)7-8-17(18)19/h7-9,13,15,21H,3-6,10-12,14H2,1-2H3,(H,22,23). The molecule has 1 aromatic carbocycles. The monoisotopic (exact) mass is 440 g/mol. The summed E-state index contributed by atoms with van der Waals surface area (Å²) in [4.78, 5) is 6.92. The van der Waals surface area contributed by atoms with Crippen molar-refractivity contribution in [1.82, 2.24) is 15.2 Å². The zero-order valence-electron chi connectivity index (χ0n) is 14.8. The van der Waals surface area contributed by atoms with Gasteiger partial charge in [-0.2, -0.15) is 0 Å². The normalized spacial score (nSPS) is 11.3. The molecule has 0 aliphatic heterocycles. The number of fused-ring (bicyclic) bond motifs is 1. The maximum Gasteiger partial charge on any atom is 0.0733 e. The van der Waals surface area contributed by atoms with Crippen LogP contribution in [0.25, 0.3) is 10.9 Å². The molecular weight excluding hydrogens is 411 g/mol. The molecule has 2 aromatic rings. The third-order valence-corrected chi connectivity index (χ3v) is 4.94. The Hall–Kier alpha value is -0.920. The van der Waals surface area contributed by atoms with Gasteiger partial charge >= 0.3 is 0 Å². The lowest BCUT2D eigenvalue weighted by atomic mass is 10.2. The van der Waals surface area contributed by atoms with Gasteiger partial charge < -0.3 is 15.5 Å². The van der Waals surface area contributed by atoms with Crippen LogP contribution in [0.1, 0.15) is 26.7 Å². The van der Waals surface area contributed by atoms with Crippen LogP contribution < -0.4 is 10.6 Å². The highest BCUT2D eigenvalue weighted by Gasteiger charge is 2.02. The summed E-state index contributed by atoms with van der Waals surface area (Å²) in [6.07, 6.45) is 4.23.